The highest BCUT2D eigenvalue weighted by molar-refractivity contribution is 5.47. The van der Waals surface area contributed by atoms with Gasteiger partial charge in [0.25, 0.3) is 0 Å². The normalized spacial score (nSPS) is 21.8. The minimum absolute atomic E-state index is 0.615. The van der Waals surface area contributed by atoms with Crippen molar-refractivity contribution in [3.63, 3.8) is 0 Å². The molecule has 0 radical (unpaired) electrons. The SMILES string of the molecule is CNCc1cc(N2CCN(C)C(C)C2)ccn1. The molecule has 1 aromatic heterocycles. The summed E-state index contributed by atoms with van der Waals surface area (Å²) in [6.07, 6.45) is 1.91. The van der Waals surface area contributed by atoms with E-state index in [2.05, 4.69) is 46.2 Å². The molecule has 1 aliphatic heterocycles. The van der Waals surface area contributed by atoms with E-state index in [9.17, 15) is 0 Å². The lowest BCUT2D eigenvalue weighted by Gasteiger charge is -2.39. The Morgan fingerprint density at radius 3 is 3.00 bits per heavy atom. The monoisotopic (exact) mass is 234 g/mol. The van der Waals surface area contributed by atoms with Gasteiger partial charge in [0.1, 0.15) is 0 Å². The maximum absolute atomic E-state index is 4.36. The van der Waals surface area contributed by atoms with Gasteiger partial charge in [-0.05, 0) is 33.2 Å². The van der Waals surface area contributed by atoms with Crippen LogP contribution in [-0.2, 0) is 6.54 Å². The van der Waals surface area contributed by atoms with Crippen LogP contribution in [-0.4, -0.2) is 49.7 Å². The van der Waals surface area contributed by atoms with Gasteiger partial charge in [-0.15, -0.1) is 0 Å². The average molecular weight is 234 g/mol. The molecule has 0 bridgehead atoms. The quantitative estimate of drug-likeness (QED) is 0.843. The first-order valence-corrected chi connectivity index (χ1v) is 6.25. The topological polar surface area (TPSA) is 31.4 Å². The average Bonchev–Trinajstić information content (AvgIpc) is 2.33. The lowest BCUT2D eigenvalue weighted by molar-refractivity contribution is 0.234. The number of pyridine rings is 1. The molecule has 1 aliphatic rings. The zero-order valence-electron chi connectivity index (χ0n) is 11.0. The van der Waals surface area contributed by atoms with Crippen molar-refractivity contribution in [2.45, 2.75) is 19.5 Å². The van der Waals surface area contributed by atoms with Gasteiger partial charge in [0.2, 0.25) is 0 Å². The molecule has 1 fully saturated rings. The number of likely N-dealkylation sites (N-methyl/N-ethyl adjacent to an activating group) is 1. The largest absolute Gasteiger partial charge is 0.369 e. The van der Waals surface area contributed by atoms with Gasteiger partial charge in [-0.25, -0.2) is 0 Å². The molecule has 1 aromatic rings. The second-order valence-electron chi connectivity index (χ2n) is 4.81. The van der Waals surface area contributed by atoms with Crippen LogP contribution in [0, 0.1) is 0 Å². The molecular weight excluding hydrogens is 212 g/mol. The van der Waals surface area contributed by atoms with Gasteiger partial charge in [-0.3, -0.25) is 4.98 Å². The third kappa shape index (κ3) is 2.96. The summed E-state index contributed by atoms with van der Waals surface area (Å²) in [5.41, 5.74) is 2.40. The number of nitrogens with zero attached hydrogens (tertiary/aromatic N) is 3. The lowest BCUT2D eigenvalue weighted by Crippen LogP contribution is -2.50. The van der Waals surface area contributed by atoms with E-state index in [-0.39, 0.29) is 0 Å². The summed E-state index contributed by atoms with van der Waals surface area (Å²) in [7, 11) is 4.15. The van der Waals surface area contributed by atoms with Gasteiger partial charge in [0, 0.05) is 44.1 Å². The van der Waals surface area contributed by atoms with Crippen LogP contribution in [0.3, 0.4) is 0 Å². The highest BCUT2D eigenvalue weighted by atomic mass is 15.3. The predicted octanol–water partition coefficient (Wildman–Crippen LogP) is 0.941. The summed E-state index contributed by atoms with van der Waals surface area (Å²) < 4.78 is 0. The summed E-state index contributed by atoms with van der Waals surface area (Å²) in [5, 5.41) is 3.14. The van der Waals surface area contributed by atoms with Crippen molar-refractivity contribution in [1.82, 2.24) is 15.2 Å². The zero-order chi connectivity index (χ0) is 12.3. The molecule has 94 valence electrons. The Labute approximate surface area is 104 Å². The summed E-state index contributed by atoms with van der Waals surface area (Å²) in [5.74, 6) is 0. The molecule has 1 unspecified atom stereocenters. The van der Waals surface area contributed by atoms with Gasteiger partial charge < -0.3 is 15.1 Å². The van der Waals surface area contributed by atoms with Gasteiger partial charge in [-0.2, -0.15) is 0 Å². The summed E-state index contributed by atoms with van der Waals surface area (Å²) in [6, 6.07) is 4.91. The van der Waals surface area contributed by atoms with Crippen LogP contribution in [0.5, 0.6) is 0 Å². The van der Waals surface area contributed by atoms with E-state index >= 15 is 0 Å². The van der Waals surface area contributed by atoms with Crippen LogP contribution in [0.25, 0.3) is 0 Å². The van der Waals surface area contributed by atoms with Crippen molar-refractivity contribution in [3.8, 4) is 0 Å². The van der Waals surface area contributed by atoms with Gasteiger partial charge in [0.15, 0.2) is 0 Å². The molecule has 0 saturated carbocycles. The second-order valence-corrected chi connectivity index (χ2v) is 4.81. The third-order valence-corrected chi connectivity index (χ3v) is 3.48. The molecule has 2 rings (SSSR count). The fourth-order valence-electron chi connectivity index (χ4n) is 2.22. The number of aromatic nitrogens is 1. The Hall–Kier alpha value is -1.13. The van der Waals surface area contributed by atoms with Crippen LogP contribution >= 0.6 is 0 Å². The molecule has 1 saturated heterocycles. The minimum Gasteiger partial charge on any atom is -0.369 e. The Balaban J connectivity index is 2.09. The van der Waals surface area contributed by atoms with Crippen molar-refractivity contribution >= 4 is 5.69 Å². The molecular formula is C13H22N4. The van der Waals surface area contributed by atoms with Crippen LogP contribution in [0.1, 0.15) is 12.6 Å². The maximum Gasteiger partial charge on any atom is 0.0562 e. The van der Waals surface area contributed by atoms with E-state index in [0.717, 1.165) is 31.9 Å². The van der Waals surface area contributed by atoms with E-state index in [1.165, 1.54) is 5.69 Å². The number of hydrogen-bond donors (Lipinski definition) is 1. The van der Waals surface area contributed by atoms with Crippen molar-refractivity contribution in [3.05, 3.63) is 24.0 Å². The molecule has 2 heterocycles. The first-order valence-electron chi connectivity index (χ1n) is 6.25. The van der Waals surface area contributed by atoms with Crippen LogP contribution in [0.2, 0.25) is 0 Å². The molecule has 4 nitrogen and oxygen atoms in total. The van der Waals surface area contributed by atoms with Gasteiger partial charge in [0.05, 0.1) is 5.69 Å². The fourth-order valence-corrected chi connectivity index (χ4v) is 2.22. The number of piperazine rings is 1. The molecule has 17 heavy (non-hydrogen) atoms. The third-order valence-electron chi connectivity index (χ3n) is 3.48. The van der Waals surface area contributed by atoms with Crippen molar-refractivity contribution in [1.29, 1.82) is 0 Å². The minimum atomic E-state index is 0.615. The first-order chi connectivity index (χ1) is 8.20. The highest BCUT2D eigenvalue weighted by Crippen LogP contribution is 2.18. The van der Waals surface area contributed by atoms with Crippen molar-refractivity contribution in [2.24, 2.45) is 0 Å². The number of hydrogen-bond acceptors (Lipinski definition) is 4. The van der Waals surface area contributed by atoms with Gasteiger partial charge in [-0.1, -0.05) is 0 Å². The van der Waals surface area contributed by atoms with Gasteiger partial charge >= 0.3 is 0 Å². The molecule has 4 heteroatoms. The van der Waals surface area contributed by atoms with E-state index in [4.69, 9.17) is 0 Å². The fraction of sp³-hybridized carbons (Fsp3) is 0.615. The van der Waals surface area contributed by atoms with Crippen LogP contribution < -0.4 is 10.2 Å². The van der Waals surface area contributed by atoms with E-state index < -0.39 is 0 Å². The molecule has 0 spiro atoms. The Morgan fingerprint density at radius 2 is 2.29 bits per heavy atom. The van der Waals surface area contributed by atoms with E-state index in [1.54, 1.807) is 0 Å². The highest BCUT2D eigenvalue weighted by Gasteiger charge is 2.20. The van der Waals surface area contributed by atoms with Crippen molar-refractivity contribution in [2.75, 3.05) is 38.6 Å². The smallest absolute Gasteiger partial charge is 0.0562 e. The number of nitrogens with one attached hydrogen (secondary N) is 1. The van der Waals surface area contributed by atoms with E-state index in [1.807, 2.05) is 13.2 Å². The molecule has 0 aliphatic carbocycles. The van der Waals surface area contributed by atoms with E-state index in [0.29, 0.717) is 6.04 Å². The second kappa shape index (κ2) is 5.47. The molecule has 1 atom stereocenters. The molecule has 1 N–H and O–H groups in total. The maximum atomic E-state index is 4.36. The first kappa shape index (κ1) is 12.3. The van der Waals surface area contributed by atoms with Crippen LogP contribution in [0.4, 0.5) is 5.69 Å². The molecule has 0 amide bonds. The number of rotatable bonds is 3. The Kier molecular flexibility index (Phi) is 3.97. The van der Waals surface area contributed by atoms with Crippen molar-refractivity contribution < 1.29 is 0 Å². The number of anilines is 1. The Bertz CT molecular complexity index is 366. The summed E-state index contributed by atoms with van der Waals surface area (Å²) in [4.78, 5) is 9.22. The standard InChI is InChI=1S/C13H22N4/c1-11-10-17(7-6-16(11)3)13-4-5-15-12(8-13)9-14-2/h4-5,8,11,14H,6-7,9-10H2,1-3H3. The Morgan fingerprint density at radius 1 is 1.47 bits per heavy atom. The lowest BCUT2D eigenvalue weighted by atomic mass is 10.2. The zero-order valence-corrected chi connectivity index (χ0v) is 11.0. The predicted molar refractivity (Wildman–Crippen MR) is 71.3 cm³/mol. The summed E-state index contributed by atoms with van der Waals surface area (Å²) >= 11 is 0. The molecule has 0 aromatic carbocycles. The summed E-state index contributed by atoms with van der Waals surface area (Å²) in [6.45, 7) is 6.44. The van der Waals surface area contributed by atoms with Crippen LogP contribution in [0.15, 0.2) is 18.3 Å².